The number of Topliss-reactive ketones (excluding diaryl/α,β-unsaturated/α-hetero) is 1. The third kappa shape index (κ3) is 5.12. The second kappa shape index (κ2) is 10.5. The van der Waals surface area contributed by atoms with Gasteiger partial charge in [0.15, 0.2) is 0 Å². The normalized spacial score (nSPS) is 18.3. The molecular weight excluding hydrogens is 448 g/mol. The number of ketones is 1. The largest absolute Gasteiger partial charge is 0.457 e. The topological polar surface area (TPSA) is 73.6 Å². The fourth-order valence-electron chi connectivity index (χ4n) is 5.36. The summed E-state index contributed by atoms with van der Waals surface area (Å²) < 4.78 is 6.27. The van der Waals surface area contributed by atoms with E-state index in [1.807, 2.05) is 24.3 Å². The number of nitrogens with zero attached hydrogens (tertiary/aromatic N) is 1. The lowest BCUT2D eigenvalue weighted by molar-refractivity contribution is 0.105. The number of piperidine rings is 1. The Labute approximate surface area is 212 Å². The van der Waals surface area contributed by atoms with E-state index in [4.69, 9.17) is 10.1 Å². The van der Waals surface area contributed by atoms with Gasteiger partial charge in [-0.25, -0.2) is 0 Å². The van der Waals surface area contributed by atoms with Gasteiger partial charge in [-0.1, -0.05) is 60.7 Å². The SMILES string of the molecule is C[C@H](O)CC(=N)C(=O)c1ccc2c(c1)Oc1ccccc1C2C1CCN(C=Cc2ccccc2)CC1. The predicted molar refractivity (Wildman–Crippen MR) is 143 cm³/mol. The van der Waals surface area contributed by atoms with Crippen LogP contribution in [0.15, 0.2) is 79.0 Å². The first-order chi connectivity index (χ1) is 17.5. The van der Waals surface area contributed by atoms with Gasteiger partial charge in [0.05, 0.1) is 11.8 Å². The monoisotopic (exact) mass is 480 g/mol. The molecule has 0 aromatic heterocycles. The van der Waals surface area contributed by atoms with Gasteiger partial charge in [0, 0.05) is 42.1 Å². The van der Waals surface area contributed by atoms with Crippen LogP contribution in [-0.2, 0) is 0 Å². The second-order valence-corrected chi connectivity index (χ2v) is 9.83. The van der Waals surface area contributed by atoms with Crippen LogP contribution in [0.2, 0.25) is 0 Å². The first-order valence-corrected chi connectivity index (χ1v) is 12.7. The average molecular weight is 481 g/mol. The van der Waals surface area contributed by atoms with E-state index in [1.54, 1.807) is 19.1 Å². The van der Waals surface area contributed by atoms with Gasteiger partial charge in [-0.15, -0.1) is 0 Å². The van der Waals surface area contributed by atoms with Crippen LogP contribution in [0, 0.1) is 11.3 Å². The summed E-state index contributed by atoms with van der Waals surface area (Å²) in [5, 5.41) is 17.7. The Morgan fingerprint density at radius 3 is 2.47 bits per heavy atom. The standard InChI is InChI=1S/C31H32N2O3/c1-21(34)19-27(32)31(35)24-11-12-26-29(20-24)36-28-10-6-5-9-25(28)30(26)23-14-17-33(18-15-23)16-13-22-7-3-2-4-8-22/h2-13,16,20-21,23,30,32,34H,14-15,17-19H2,1H3/t21-,30?/m0/s1. The van der Waals surface area contributed by atoms with Crippen molar-refractivity contribution in [1.82, 2.24) is 4.90 Å². The van der Waals surface area contributed by atoms with E-state index in [9.17, 15) is 9.90 Å². The number of ether oxygens (including phenoxy) is 1. The summed E-state index contributed by atoms with van der Waals surface area (Å²) in [6.45, 7) is 3.58. The molecule has 3 aromatic rings. The number of hydrogen-bond donors (Lipinski definition) is 2. The zero-order valence-corrected chi connectivity index (χ0v) is 20.6. The van der Waals surface area contributed by atoms with E-state index < -0.39 is 6.10 Å². The van der Waals surface area contributed by atoms with E-state index in [0.717, 1.165) is 37.2 Å². The molecule has 184 valence electrons. The van der Waals surface area contributed by atoms with Gasteiger partial charge in [0.2, 0.25) is 5.78 Å². The highest BCUT2D eigenvalue weighted by atomic mass is 16.5. The number of carbonyl (C=O) groups is 1. The highest BCUT2D eigenvalue weighted by Gasteiger charge is 2.35. The maximum atomic E-state index is 12.8. The van der Waals surface area contributed by atoms with Crippen LogP contribution < -0.4 is 4.74 Å². The zero-order chi connectivity index (χ0) is 25.1. The number of aliphatic hydroxyl groups excluding tert-OH is 1. The van der Waals surface area contributed by atoms with Crippen molar-refractivity contribution in [2.75, 3.05) is 13.1 Å². The van der Waals surface area contributed by atoms with Crippen LogP contribution in [0.5, 0.6) is 11.5 Å². The molecule has 2 atom stereocenters. The molecule has 2 aliphatic rings. The summed E-state index contributed by atoms with van der Waals surface area (Å²) in [5.74, 6) is 1.83. The molecule has 0 bridgehead atoms. The number of aliphatic hydroxyl groups is 1. The molecule has 3 aromatic carbocycles. The number of hydrogen-bond acceptors (Lipinski definition) is 5. The Morgan fingerprint density at radius 1 is 1.03 bits per heavy atom. The zero-order valence-electron chi connectivity index (χ0n) is 20.6. The second-order valence-electron chi connectivity index (χ2n) is 9.83. The van der Waals surface area contributed by atoms with Gasteiger partial charge >= 0.3 is 0 Å². The molecule has 5 rings (SSSR count). The van der Waals surface area contributed by atoms with E-state index in [-0.39, 0.29) is 23.8 Å². The van der Waals surface area contributed by atoms with Crippen LogP contribution in [0.25, 0.3) is 6.08 Å². The Balaban J connectivity index is 1.37. The minimum absolute atomic E-state index is 0.0412. The molecule has 0 spiro atoms. The fourth-order valence-corrected chi connectivity index (χ4v) is 5.36. The number of rotatable bonds is 7. The summed E-state index contributed by atoms with van der Waals surface area (Å²) in [5.41, 5.74) is 3.85. The summed E-state index contributed by atoms with van der Waals surface area (Å²) >= 11 is 0. The number of nitrogens with one attached hydrogen (secondary N) is 1. The summed E-state index contributed by atoms with van der Waals surface area (Å²) in [7, 11) is 0. The average Bonchev–Trinajstić information content (AvgIpc) is 2.90. The fraction of sp³-hybridized carbons (Fsp3) is 0.290. The molecule has 2 N–H and O–H groups in total. The molecule has 5 heteroatoms. The molecule has 1 saturated heterocycles. The molecule has 36 heavy (non-hydrogen) atoms. The molecule has 1 unspecified atom stereocenters. The first-order valence-electron chi connectivity index (χ1n) is 12.7. The Bertz CT molecular complexity index is 1270. The highest BCUT2D eigenvalue weighted by molar-refractivity contribution is 6.45. The maximum Gasteiger partial charge on any atom is 0.206 e. The van der Waals surface area contributed by atoms with Crippen molar-refractivity contribution in [3.8, 4) is 11.5 Å². The molecular formula is C31H32N2O3. The number of carbonyl (C=O) groups excluding carboxylic acids is 1. The molecule has 2 aliphatic heterocycles. The highest BCUT2D eigenvalue weighted by Crippen LogP contribution is 2.50. The lowest BCUT2D eigenvalue weighted by atomic mass is 9.74. The number of para-hydroxylation sites is 1. The minimum Gasteiger partial charge on any atom is -0.457 e. The third-order valence-electron chi connectivity index (χ3n) is 7.18. The smallest absolute Gasteiger partial charge is 0.206 e. The molecule has 0 amide bonds. The van der Waals surface area contributed by atoms with Gasteiger partial charge in [0.1, 0.15) is 11.5 Å². The Morgan fingerprint density at radius 2 is 1.72 bits per heavy atom. The van der Waals surface area contributed by atoms with Gasteiger partial charge < -0.3 is 20.2 Å². The number of benzene rings is 3. The maximum absolute atomic E-state index is 12.8. The minimum atomic E-state index is -0.722. The van der Waals surface area contributed by atoms with E-state index in [1.165, 1.54) is 11.1 Å². The van der Waals surface area contributed by atoms with Crippen molar-refractivity contribution in [2.24, 2.45) is 5.92 Å². The Kier molecular flexibility index (Phi) is 7.01. The van der Waals surface area contributed by atoms with Gasteiger partial charge in [0.25, 0.3) is 0 Å². The summed E-state index contributed by atoms with van der Waals surface area (Å²) in [4.78, 5) is 15.2. The van der Waals surface area contributed by atoms with Crippen molar-refractivity contribution in [1.29, 1.82) is 5.41 Å². The Hall–Kier alpha value is -3.70. The van der Waals surface area contributed by atoms with E-state index in [0.29, 0.717) is 17.2 Å². The van der Waals surface area contributed by atoms with Crippen LogP contribution in [-0.4, -0.2) is 40.7 Å². The lowest BCUT2D eigenvalue weighted by Gasteiger charge is -2.39. The summed E-state index contributed by atoms with van der Waals surface area (Å²) in [6.07, 6.45) is 5.83. The van der Waals surface area contributed by atoms with Crippen molar-refractivity contribution in [3.63, 3.8) is 0 Å². The third-order valence-corrected chi connectivity index (χ3v) is 7.18. The number of likely N-dealkylation sites (tertiary alicyclic amines) is 1. The predicted octanol–water partition coefficient (Wildman–Crippen LogP) is 6.28. The molecule has 1 fully saturated rings. The van der Waals surface area contributed by atoms with Crippen LogP contribution in [0.3, 0.4) is 0 Å². The van der Waals surface area contributed by atoms with Gasteiger partial charge in [-0.2, -0.15) is 0 Å². The van der Waals surface area contributed by atoms with Crippen molar-refractivity contribution >= 4 is 17.6 Å². The molecule has 2 heterocycles. The molecule has 0 saturated carbocycles. The molecule has 5 nitrogen and oxygen atoms in total. The first kappa shape index (κ1) is 24.0. The number of fused-ring (bicyclic) bond motifs is 2. The lowest BCUT2D eigenvalue weighted by Crippen LogP contribution is -2.33. The van der Waals surface area contributed by atoms with Crippen LogP contribution in [0.4, 0.5) is 0 Å². The van der Waals surface area contributed by atoms with Crippen molar-refractivity contribution in [2.45, 2.75) is 38.2 Å². The molecule has 0 radical (unpaired) electrons. The quantitative estimate of drug-likeness (QED) is 0.308. The van der Waals surface area contributed by atoms with E-state index >= 15 is 0 Å². The van der Waals surface area contributed by atoms with Crippen molar-refractivity contribution < 1.29 is 14.6 Å². The summed E-state index contributed by atoms with van der Waals surface area (Å²) in [6, 6.07) is 24.1. The van der Waals surface area contributed by atoms with Gasteiger partial charge in [-0.3, -0.25) is 4.79 Å². The van der Waals surface area contributed by atoms with Crippen molar-refractivity contribution in [3.05, 3.63) is 101 Å². The van der Waals surface area contributed by atoms with Crippen LogP contribution >= 0.6 is 0 Å². The van der Waals surface area contributed by atoms with E-state index in [2.05, 4.69) is 53.6 Å². The molecule has 0 aliphatic carbocycles. The van der Waals surface area contributed by atoms with Crippen LogP contribution in [0.1, 0.15) is 59.2 Å². The van der Waals surface area contributed by atoms with Gasteiger partial charge in [-0.05, 0) is 55.7 Å².